The highest BCUT2D eigenvalue weighted by Gasteiger charge is 2.20. The van der Waals surface area contributed by atoms with Crippen LogP contribution in [0, 0.1) is 5.82 Å². The highest BCUT2D eigenvalue weighted by atomic mass is 32.2. The van der Waals surface area contributed by atoms with E-state index in [1.165, 1.54) is 36.4 Å². The fourth-order valence-electron chi connectivity index (χ4n) is 2.12. The quantitative estimate of drug-likeness (QED) is 0.708. The van der Waals surface area contributed by atoms with Gasteiger partial charge in [0.15, 0.2) is 0 Å². The minimum absolute atomic E-state index is 0.0951. The van der Waals surface area contributed by atoms with Gasteiger partial charge in [-0.15, -0.1) is 11.3 Å². The van der Waals surface area contributed by atoms with Crippen LogP contribution in [0.4, 0.5) is 15.8 Å². The lowest BCUT2D eigenvalue weighted by Gasteiger charge is -2.09. The summed E-state index contributed by atoms with van der Waals surface area (Å²) in [6.07, 6.45) is 0. The number of carbonyl (C=O) groups is 1. The summed E-state index contributed by atoms with van der Waals surface area (Å²) in [7, 11) is -3.80. The van der Waals surface area contributed by atoms with Crippen LogP contribution in [0.1, 0.15) is 9.67 Å². The van der Waals surface area contributed by atoms with Gasteiger partial charge in [0.25, 0.3) is 15.9 Å². The second-order valence-electron chi connectivity index (χ2n) is 5.05. The fraction of sp³-hybridized carbons (Fsp3) is 0. The van der Waals surface area contributed by atoms with E-state index in [0.29, 0.717) is 0 Å². The Morgan fingerprint density at radius 3 is 2.48 bits per heavy atom. The van der Waals surface area contributed by atoms with Crippen molar-refractivity contribution >= 4 is 38.6 Å². The molecule has 25 heavy (non-hydrogen) atoms. The monoisotopic (exact) mass is 376 g/mol. The summed E-state index contributed by atoms with van der Waals surface area (Å²) in [6, 6.07) is 14.8. The highest BCUT2D eigenvalue weighted by molar-refractivity contribution is 7.92. The van der Waals surface area contributed by atoms with Crippen LogP contribution in [0.3, 0.4) is 0 Å². The average molecular weight is 376 g/mol. The number of nitrogens with one attached hydrogen (secondary N) is 2. The molecule has 0 radical (unpaired) electrons. The molecule has 0 aliphatic rings. The number of rotatable bonds is 5. The van der Waals surface area contributed by atoms with Crippen LogP contribution in [-0.4, -0.2) is 14.3 Å². The molecule has 0 saturated heterocycles. The molecule has 3 aromatic rings. The van der Waals surface area contributed by atoms with E-state index in [1.54, 1.807) is 29.6 Å². The molecule has 0 bridgehead atoms. The molecule has 0 atom stereocenters. The van der Waals surface area contributed by atoms with E-state index < -0.39 is 21.7 Å². The normalized spacial score (nSPS) is 11.1. The molecule has 0 spiro atoms. The lowest BCUT2D eigenvalue weighted by molar-refractivity contribution is 0.103. The summed E-state index contributed by atoms with van der Waals surface area (Å²) in [4.78, 5) is 12.7. The van der Waals surface area contributed by atoms with Crippen LogP contribution < -0.4 is 10.0 Å². The van der Waals surface area contributed by atoms with Crippen LogP contribution in [0.5, 0.6) is 0 Å². The maximum absolute atomic E-state index is 13.2. The summed E-state index contributed by atoms with van der Waals surface area (Å²) in [5.74, 6) is -1.000. The first-order chi connectivity index (χ1) is 12.0. The van der Waals surface area contributed by atoms with Crippen LogP contribution >= 0.6 is 11.3 Å². The van der Waals surface area contributed by atoms with Gasteiger partial charge in [0.2, 0.25) is 0 Å². The predicted molar refractivity (Wildman–Crippen MR) is 95.9 cm³/mol. The van der Waals surface area contributed by atoms with E-state index in [2.05, 4.69) is 10.0 Å². The Morgan fingerprint density at radius 1 is 1.00 bits per heavy atom. The smallest absolute Gasteiger partial charge is 0.267 e. The van der Waals surface area contributed by atoms with Crippen molar-refractivity contribution in [3.8, 4) is 0 Å². The molecule has 1 amide bonds. The Morgan fingerprint density at radius 2 is 1.76 bits per heavy atom. The van der Waals surface area contributed by atoms with Crippen molar-refractivity contribution in [3.05, 3.63) is 76.7 Å². The zero-order valence-corrected chi connectivity index (χ0v) is 14.4. The van der Waals surface area contributed by atoms with E-state index in [0.717, 1.165) is 11.3 Å². The molecule has 2 N–H and O–H groups in total. The molecule has 3 rings (SSSR count). The van der Waals surface area contributed by atoms with E-state index in [-0.39, 0.29) is 21.1 Å². The Labute approximate surface area is 148 Å². The fourth-order valence-corrected chi connectivity index (χ4v) is 4.02. The summed E-state index contributed by atoms with van der Waals surface area (Å²) < 4.78 is 40.4. The zero-order chi connectivity index (χ0) is 17.9. The molecule has 0 aliphatic carbocycles. The molecule has 0 saturated carbocycles. The lowest BCUT2D eigenvalue weighted by Crippen LogP contribution is -2.17. The summed E-state index contributed by atoms with van der Waals surface area (Å²) in [5, 5.41) is 4.15. The van der Waals surface area contributed by atoms with Crippen LogP contribution in [-0.2, 0) is 10.0 Å². The standard InChI is InChI=1S/C17H13FN2O3S2/c18-12-5-4-6-13(11-12)19-17(21)16-15(9-10-24-16)20-25(22,23)14-7-2-1-3-8-14/h1-11,20H,(H,19,21). The minimum Gasteiger partial charge on any atom is -0.321 e. The number of carbonyl (C=O) groups excluding carboxylic acids is 1. The first-order valence-electron chi connectivity index (χ1n) is 7.18. The van der Waals surface area contributed by atoms with E-state index in [4.69, 9.17) is 0 Å². The second-order valence-corrected chi connectivity index (χ2v) is 7.64. The van der Waals surface area contributed by atoms with Crippen LogP contribution in [0.2, 0.25) is 0 Å². The van der Waals surface area contributed by atoms with Crippen molar-refractivity contribution in [2.45, 2.75) is 4.90 Å². The first-order valence-corrected chi connectivity index (χ1v) is 9.54. The van der Waals surface area contributed by atoms with Crippen molar-refractivity contribution in [1.82, 2.24) is 0 Å². The molecule has 128 valence electrons. The Kier molecular flexibility index (Phi) is 4.82. The summed E-state index contributed by atoms with van der Waals surface area (Å²) >= 11 is 1.08. The third-order valence-corrected chi connectivity index (χ3v) is 5.55. The van der Waals surface area contributed by atoms with Gasteiger partial charge in [-0.2, -0.15) is 0 Å². The number of halogens is 1. The lowest BCUT2D eigenvalue weighted by atomic mass is 10.3. The SMILES string of the molecule is O=C(Nc1cccc(F)c1)c1sccc1NS(=O)(=O)c1ccccc1. The molecule has 1 heterocycles. The van der Waals surface area contributed by atoms with Crippen LogP contribution in [0.15, 0.2) is 70.9 Å². The van der Waals surface area contributed by atoms with Crippen LogP contribution in [0.25, 0.3) is 0 Å². The minimum atomic E-state index is -3.80. The van der Waals surface area contributed by atoms with Crippen molar-refractivity contribution in [2.75, 3.05) is 10.0 Å². The predicted octanol–water partition coefficient (Wildman–Crippen LogP) is 3.94. The maximum atomic E-state index is 13.2. The van der Waals surface area contributed by atoms with Gasteiger partial charge in [0.05, 0.1) is 10.6 Å². The molecular weight excluding hydrogens is 363 g/mol. The van der Waals surface area contributed by atoms with Gasteiger partial charge in [0, 0.05) is 5.69 Å². The average Bonchev–Trinajstić information content (AvgIpc) is 3.03. The number of sulfonamides is 1. The highest BCUT2D eigenvalue weighted by Crippen LogP contribution is 2.26. The largest absolute Gasteiger partial charge is 0.321 e. The van der Waals surface area contributed by atoms with Crippen molar-refractivity contribution in [2.24, 2.45) is 0 Å². The summed E-state index contributed by atoms with van der Waals surface area (Å²) in [6.45, 7) is 0. The third kappa shape index (κ3) is 4.04. The number of amides is 1. The number of hydrogen-bond acceptors (Lipinski definition) is 4. The van der Waals surface area contributed by atoms with Gasteiger partial charge < -0.3 is 5.32 Å². The molecule has 2 aromatic carbocycles. The molecular formula is C17H13FN2O3S2. The number of benzene rings is 2. The van der Waals surface area contributed by atoms with E-state index in [1.807, 2.05) is 0 Å². The van der Waals surface area contributed by atoms with Gasteiger partial charge in [-0.3, -0.25) is 9.52 Å². The number of thiophene rings is 1. The van der Waals surface area contributed by atoms with Gasteiger partial charge >= 0.3 is 0 Å². The summed E-state index contributed by atoms with van der Waals surface area (Å²) in [5.41, 5.74) is 0.457. The van der Waals surface area contributed by atoms with E-state index >= 15 is 0 Å². The first kappa shape index (κ1) is 17.1. The molecule has 0 unspecified atom stereocenters. The number of anilines is 2. The topological polar surface area (TPSA) is 75.3 Å². The van der Waals surface area contributed by atoms with Crippen molar-refractivity contribution < 1.29 is 17.6 Å². The second kappa shape index (κ2) is 7.04. The molecule has 1 aromatic heterocycles. The van der Waals surface area contributed by atoms with Gasteiger partial charge in [0.1, 0.15) is 10.7 Å². The third-order valence-electron chi connectivity index (χ3n) is 3.25. The Hall–Kier alpha value is -2.71. The van der Waals surface area contributed by atoms with Gasteiger partial charge in [-0.25, -0.2) is 12.8 Å². The number of hydrogen-bond donors (Lipinski definition) is 2. The Balaban J connectivity index is 1.82. The van der Waals surface area contributed by atoms with Gasteiger partial charge in [-0.05, 0) is 41.8 Å². The Bertz CT molecular complexity index is 1000. The molecule has 5 nitrogen and oxygen atoms in total. The molecule has 8 heteroatoms. The molecule has 0 fully saturated rings. The van der Waals surface area contributed by atoms with Gasteiger partial charge in [-0.1, -0.05) is 24.3 Å². The van der Waals surface area contributed by atoms with Crippen molar-refractivity contribution in [1.29, 1.82) is 0 Å². The van der Waals surface area contributed by atoms with E-state index in [9.17, 15) is 17.6 Å². The molecule has 0 aliphatic heterocycles. The zero-order valence-electron chi connectivity index (χ0n) is 12.8. The van der Waals surface area contributed by atoms with Crippen molar-refractivity contribution in [3.63, 3.8) is 0 Å². The maximum Gasteiger partial charge on any atom is 0.267 e.